The fraction of sp³-hybridized carbons (Fsp3) is 0.632. The highest BCUT2D eigenvalue weighted by molar-refractivity contribution is 7.91. The van der Waals surface area contributed by atoms with Crippen molar-refractivity contribution in [3.8, 4) is 11.4 Å². The Morgan fingerprint density at radius 3 is 2.86 bits per heavy atom. The molecular weight excluding hydrogens is 412 g/mol. The second kappa shape index (κ2) is 8.53. The molecule has 29 heavy (non-hydrogen) atoms. The molecule has 1 saturated carbocycles. The Morgan fingerprint density at radius 1 is 1.31 bits per heavy atom. The Morgan fingerprint density at radius 2 is 2.10 bits per heavy atom. The zero-order valence-electron chi connectivity index (χ0n) is 16.5. The van der Waals surface area contributed by atoms with Crippen molar-refractivity contribution in [2.45, 2.75) is 55.6 Å². The van der Waals surface area contributed by atoms with Gasteiger partial charge in [-0.25, -0.2) is 8.42 Å². The van der Waals surface area contributed by atoms with Gasteiger partial charge < -0.3 is 9.84 Å². The lowest BCUT2D eigenvalue weighted by atomic mass is 9.99. The molecule has 1 atom stereocenters. The van der Waals surface area contributed by atoms with E-state index in [0.717, 1.165) is 24.2 Å². The minimum atomic E-state index is -3.65. The van der Waals surface area contributed by atoms with Crippen molar-refractivity contribution in [2.24, 2.45) is 5.92 Å². The Hall–Kier alpha value is -1.78. The molecule has 8 nitrogen and oxygen atoms in total. The molecular formula is C19H26N4O4S2. The number of carbonyl (C=O) groups is 1. The number of amides is 1. The molecule has 1 aliphatic carbocycles. The number of hydrogen-bond donors (Lipinski definition) is 1. The van der Waals surface area contributed by atoms with Crippen LogP contribution in [0.5, 0.6) is 0 Å². The fourth-order valence-electron chi connectivity index (χ4n) is 4.08. The van der Waals surface area contributed by atoms with E-state index < -0.39 is 10.0 Å². The van der Waals surface area contributed by atoms with Crippen molar-refractivity contribution in [2.75, 3.05) is 19.6 Å². The molecule has 2 aromatic heterocycles. The van der Waals surface area contributed by atoms with Crippen molar-refractivity contribution in [3.63, 3.8) is 0 Å². The number of piperidine rings is 1. The van der Waals surface area contributed by atoms with E-state index in [1.807, 2.05) is 6.92 Å². The first-order chi connectivity index (χ1) is 14.0. The van der Waals surface area contributed by atoms with Gasteiger partial charge in [0.15, 0.2) is 0 Å². The van der Waals surface area contributed by atoms with Crippen LogP contribution in [0.4, 0.5) is 0 Å². The molecule has 0 spiro atoms. The maximum atomic E-state index is 13.1. The van der Waals surface area contributed by atoms with Crippen LogP contribution >= 0.6 is 11.3 Å². The quantitative estimate of drug-likeness (QED) is 0.743. The van der Waals surface area contributed by atoms with E-state index in [1.165, 1.54) is 17.1 Å². The number of nitrogens with zero attached hydrogens (tertiary/aromatic N) is 3. The Bertz CT molecular complexity index is 963. The predicted octanol–water partition coefficient (Wildman–Crippen LogP) is 2.99. The van der Waals surface area contributed by atoms with Gasteiger partial charge in [-0.15, -0.1) is 11.3 Å². The largest absolute Gasteiger partial charge is 0.356 e. The molecule has 0 bridgehead atoms. The molecule has 4 rings (SSSR count). The minimum absolute atomic E-state index is 0.0782. The van der Waals surface area contributed by atoms with Crippen LogP contribution in [0, 0.1) is 5.92 Å². The van der Waals surface area contributed by atoms with Gasteiger partial charge in [0.25, 0.3) is 10.0 Å². The highest BCUT2D eigenvalue weighted by Gasteiger charge is 2.34. The van der Waals surface area contributed by atoms with Crippen LogP contribution in [0.2, 0.25) is 0 Å². The molecule has 1 N–H and O–H groups in total. The van der Waals surface area contributed by atoms with Gasteiger partial charge in [0.05, 0.1) is 5.92 Å². The standard InChI is InChI=1S/C19H26N4O4S2/c1-2-20-18(24)14-8-5-9-23(11-14)29(25,26)16-10-15(12-28-16)17-21-19(27-22-17)13-6-3-4-7-13/h10,12-14H,2-9,11H2,1H3,(H,20,24). The van der Waals surface area contributed by atoms with Gasteiger partial charge in [0.2, 0.25) is 17.6 Å². The van der Waals surface area contributed by atoms with E-state index in [-0.39, 0.29) is 22.6 Å². The second-order valence-corrected chi connectivity index (χ2v) is 10.8. The van der Waals surface area contributed by atoms with Gasteiger partial charge in [0, 0.05) is 36.5 Å². The second-order valence-electron chi connectivity index (χ2n) is 7.69. The zero-order chi connectivity index (χ0) is 20.4. The maximum absolute atomic E-state index is 13.1. The smallest absolute Gasteiger partial charge is 0.252 e. The Labute approximate surface area is 174 Å². The number of carbonyl (C=O) groups excluding carboxylic acids is 1. The first-order valence-electron chi connectivity index (χ1n) is 10.2. The summed E-state index contributed by atoms with van der Waals surface area (Å²) in [6.07, 6.45) is 5.86. The van der Waals surface area contributed by atoms with Crippen LogP contribution in [-0.2, 0) is 14.8 Å². The fourth-order valence-corrected chi connectivity index (χ4v) is 6.92. The van der Waals surface area contributed by atoms with E-state index in [2.05, 4.69) is 15.5 Å². The lowest BCUT2D eigenvalue weighted by Gasteiger charge is -2.30. The lowest BCUT2D eigenvalue weighted by molar-refractivity contribution is -0.125. The van der Waals surface area contributed by atoms with Crippen LogP contribution in [0.3, 0.4) is 0 Å². The molecule has 0 radical (unpaired) electrons. The molecule has 1 aliphatic heterocycles. The average molecular weight is 439 g/mol. The molecule has 1 unspecified atom stereocenters. The summed E-state index contributed by atoms with van der Waals surface area (Å²) >= 11 is 1.15. The van der Waals surface area contributed by atoms with E-state index in [4.69, 9.17) is 4.52 Å². The lowest BCUT2D eigenvalue weighted by Crippen LogP contribution is -2.45. The molecule has 1 saturated heterocycles. The molecule has 1 amide bonds. The first kappa shape index (κ1) is 20.5. The van der Waals surface area contributed by atoms with Crippen LogP contribution in [0.1, 0.15) is 57.3 Å². The summed E-state index contributed by atoms with van der Waals surface area (Å²) in [6, 6.07) is 1.61. The van der Waals surface area contributed by atoms with Crippen molar-refractivity contribution < 1.29 is 17.7 Å². The molecule has 158 valence electrons. The van der Waals surface area contributed by atoms with Crippen molar-refractivity contribution in [1.82, 2.24) is 19.8 Å². The zero-order valence-corrected chi connectivity index (χ0v) is 18.1. The van der Waals surface area contributed by atoms with E-state index in [0.29, 0.717) is 49.1 Å². The third-order valence-corrected chi connectivity index (χ3v) is 8.96. The summed E-state index contributed by atoms with van der Waals surface area (Å²) in [4.78, 5) is 16.6. The van der Waals surface area contributed by atoms with Crippen LogP contribution in [0.15, 0.2) is 20.2 Å². The van der Waals surface area contributed by atoms with Crippen molar-refractivity contribution in [1.29, 1.82) is 0 Å². The number of rotatable bonds is 6. The van der Waals surface area contributed by atoms with Gasteiger partial charge in [-0.2, -0.15) is 9.29 Å². The Balaban J connectivity index is 1.50. The molecule has 2 fully saturated rings. The average Bonchev–Trinajstić information content (AvgIpc) is 3.49. The predicted molar refractivity (Wildman–Crippen MR) is 109 cm³/mol. The summed E-state index contributed by atoms with van der Waals surface area (Å²) in [5.41, 5.74) is 0.652. The molecule has 3 heterocycles. The van der Waals surface area contributed by atoms with Crippen molar-refractivity contribution >= 4 is 27.3 Å². The van der Waals surface area contributed by atoms with Crippen LogP contribution in [-0.4, -0.2) is 48.4 Å². The van der Waals surface area contributed by atoms with Crippen LogP contribution < -0.4 is 5.32 Å². The highest BCUT2D eigenvalue weighted by Crippen LogP contribution is 2.35. The van der Waals surface area contributed by atoms with Gasteiger partial charge >= 0.3 is 0 Å². The van der Waals surface area contributed by atoms with Gasteiger partial charge in [0.1, 0.15) is 4.21 Å². The normalized spacial score (nSPS) is 21.5. The first-order valence-corrected chi connectivity index (χ1v) is 12.5. The number of thiophene rings is 1. The summed E-state index contributed by atoms with van der Waals surface area (Å²) in [5, 5.41) is 8.60. The van der Waals surface area contributed by atoms with Crippen LogP contribution in [0.25, 0.3) is 11.4 Å². The summed E-state index contributed by atoms with van der Waals surface area (Å²) < 4.78 is 33.3. The van der Waals surface area contributed by atoms with Gasteiger partial charge in [-0.05, 0) is 38.7 Å². The maximum Gasteiger partial charge on any atom is 0.252 e. The monoisotopic (exact) mass is 438 g/mol. The SMILES string of the molecule is CCNC(=O)C1CCCN(S(=O)(=O)c2cc(-c3noc(C4CCCC4)n3)cs2)C1. The number of sulfonamides is 1. The van der Waals surface area contributed by atoms with E-state index in [1.54, 1.807) is 11.4 Å². The molecule has 10 heteroatoms. The van der Waals surface area contributed by atoms with Gasteiger partial charge in [-0.1, -0.05) is 18.0 Å². The van der Waals surface area contributed by atoms with Crippen molar-refractivity contribution in [3.05, 3.63) is 17.3 Å². The molecule has 2 aliphatic rings. The number of aromatic nitrogens is 2. The molecule has 2 aromatic rings. The highest BCUT2D eigenvalue weighted by atomic mass is 32.2. The van der Waals surface area contributed by atoms with E-state index in [9.17, 15) is 13.2 Å². The number of nitrogens with one attached hydrogen (secondary N) is 1. The minimum Gasteiger partial charge on any atom is -0.356 e. The summed E-state index contributed by atoms with van der Waals surface area (Å²) in [5.74, 6) is 1.02. The topological polar surface area (TPSA) is 105 Å². The molecule has 0 aromatic carbocycles. The summed E-state index contributed by atoms with van der Waals surface area (Å²) in [7, 11) is -3.65. The summed E-state index contributed by atoms with van der Waals surface area (Å²) in [6.45, 7) is 3.05. The van der Waals surface area contributed by atoms with E-state index >= 15 is 0 Å². The Kier molecular flexibility index (Phi) is 6.03. The number of hydrogen-bond acceptors (Lipinski definition) is 7. The third kappa shape index (κ3) is 4.24. The third-order valence-electron chi connectivity index (χ3n) is 5.68. The van der Waals surface area contributed by atoms with Gasteiger partial charge in [-0.3, -0.25) is 4.79 Å².